The third-order valence-corrected chi connectivity index (χ3v) is 3.96. The van der Waals surface area contributed by atoms with Crippen molar-refractivity contribution in [1.29, 1.82) is 0 Å². The van der Waals surface area contributed by atoms with Crippen LogP contribution in [0.4, 0.5) is 5.69 Å². The van der Waals surface area contributed by atoms with Crippen molar-refractivity contribution in [2.24, 2.45) is 0 Å². The molecular formula is C14H18N4OS. The van der Waals surface area contributed by atoms with Crippen LogP contribution in [0.1, 0.15) is 23.6 Å². The van der Waals surface area contributed by atoms with Crippen LogP contribution < -0.4 is 5.32 Å². The molecule has 1 unspecified atom stereocenters. The van der Waals surface area contributed by atoms with E-state index in [4.69, 9.17) is 0 Å². The maximum Gasteiger partial charge on any atom is 0.237 e. The monoisotopic (exact) mass is 290 g/mol. The first-order valence-corrected chi connectivity index (χ1v) is 7.26. The third kappa shape index (κ3) is 3.39. The van der Waals surface area contributed by atoms with E-state index in [1.807, 2.05) is 27.7 Å². The molecule has 0 saturated carbocycles. The van der Waals surface area contributed by atoms with Crippen molar-refractivity contribution in [3.63, 3.8) is 0 Å². The lowest BCUT2D eigenvalue weighted by Gasteiger charge is -2.15. The number of aromatic amines is 1. The number of rotatable bonds is 4. The molecule has 106 valence electrons. The van der Waals surface area contributed by atoms with E-state index >= 15 is 0 Å². The van der Waals surface area contributed by atoms with E-state index in [1.54, 1.807) is 0 Å². The van der Waals surface area contributed by atoms with Crippen LogP contribution in [0, 0.1) is 20.8 Å². The molecule has 1 heterocycles. The zero-order chi connectivity index (χ0) is 14.7. The number of hydrogen-bond acceptors (Lipinski definition) is 4. The highest BCUT2D eigenvalue weighted by molar-refractivity contribution is 8.00. The summed E-state index contributed by atoms with van der Waals surface area (Å²) < 4.78 is 0. The topological polar surface area (TPSA) is 70.7 Å². The predicted octanol–water partition coefficient (Wildman–Crippen LogP) is 2.85. The number of amides is 1. The lowest BCUT2D eigenvalue weighted by Crippen LogP contribution is -2.23. The van der Waals surface area contributed by atoms with Gasteiger partial charge in [-0.25, -0.2) is 4.98 Å². The number of thioether (sulfide) groups is 1. The highest BCUT2D eigenvalue weighted by atomic mass is 32.2. The third-order valence-electron chi connectivity index (χ3n) is 2.98. The summed E-state index contributed by atoms with van der Waals surface area (Å²) in [6.45, 7) is 7.91. The summed E-state index contributed by atoms with van der Waals surface area (Å²) in [5, 5.41) is 9.90. The van der Waals surface area contributed by atoms with E-state index in [0.29, 0.717) is 5.16 Å². The smallest absolute Gasteiger partial charge is 0.237 e. The van der Waals surface area contributed by atoms with E-state index in [2.05, 4.69) is 32.6 Å². The number of anilines is 1. The van der Waals surface area contributed by atoms with Crippen LogP contribution in [0.3, 0.4) is 0 Å². The Morgan fingerprint density at radius 1 is 1.30 bits per heavy atom. The fourth-order valence-corrected chi connectivity index (χ4v) is 2.79. The van der Waals surface area contributed by atoms with Gasteiger partial charge in [0.2, 0.25) is 5.91 Å². The second-order valence-corrected chi connectivity index (χ2v) is 6.14. The summed E-state index contributed by atoms with van der Waals surface area (Å²) in [6, 6.07) is 4.13. The van der Waals surface area contributed by atoms with Gasteiger partial charge in [-0.1, -0.05) is 29.5 Å². The molecule has 0 radical (unpaired) electrons. The number of hydrogen-bond donors (Lipinski definition) is 2. The highest BCUT2D eigenvalue weighted by Crippen LogP contribution is 2.24. The van der Waals surface area contributed by atoms with Crippen LogP contribution in [0.2, 0.25) is 0 Å². The van der Waals surface area contributed by atoms with Crippen molar-refractivity contribution in [1.82, 2.24) is 15.2 Å². The Labute approximate surface area is 122 Å². The Kier molecular flexibility index (Phi) is 4.44. The minimum atomic E-state index is -0.247. The summed E-state index contributed by atoms with van der Waals surface area (Å²) >= 11 is 1.35. The van der Waals surface area contributed by atoms with Gasteiger partial charge in [0.1, 0.15) is 6.33 Å². The van der Waals surface area contributed by atoms with Gasteiger partial charge in [-0.05, 0) is 38.8 Å². The molecule has 6 heteroatoms. The van der Waals surface area contributed by atoms with Gasteiger partial charge in [0.15, 0.2) is 5.16 Å². The van der Waals surface area contributed by atoms with Crippen LogP contribution in [-0.4, -0.2) is 26.3 Å². The van der Waals surface area contributed by atoms with E-state index in [-0.39, 0.29) is 11.2 Å². The number of aromatic nitrogens is 3. The average Bonchev–Trinajstić information content (AvgIpc) is 2.86. The molecule has 1 aromatic heterocycles. The lowest BCUT2D eigenvalue weighted by molar-refractivity contribution is -0.115. The molecular weight excluding hydrogens is 272 g/mol. The number of nitrogens with one attached hydrogen (secondary N) is 2. The Bertz CT molecular complexity index is 587. The van der Waals surface area contributed by atoms with Gasteiger partial charge in [-0.2, -0.15) is 5.10 Å². The van der Waals surface area contributed by atoms with Crippen molar-refractivity contribution < 1.29 is 4.79 Å². The Morgan fingerprint density at radius 3 is 2.50 bits per heavy atom. The quantitative estimate of drug-likeness (QED) is 0.849. The molecule has 0 aliphatic rings. The zero-order valence-electron chi connectivity index (χ0n) is 12.0. The zero-order valence-corrected chi connectivity index (χ0v) is 12.8. The predicted molar refractivity (Wildman–Crippen MR) is 81.0 cm³/mol. The molecule has 1 aromatic carbocycles. The molecule has 5 nitrogen and oxygen atoms in total. The minimum absolute atomic E-state index is 0.0403. The van der Waals surface area contributed by atoms with Crippen molar-refractivity contribution in [3.05, 3.63) is 35.2 Å². The van der Waals surface area contributed by atoms with Crippen molar-refractivity contribution >= 4 is 23.4 Å². The van der Waals surface area contributed by atoms with Crippen molar-refractivity contribution in [3.8, 4) is 0 Å². The average molecular weight is 290 g/mol. The van der Waals surface area contributed by atoms with Gasteiger partial charge in [-0.15, -0.1) is 0 Å². The van der Waals surface area contributed by atoms with E-state index in [0.717, 1.165) is 16.8 Å². The first kappa shape index (κ1) is 14.6. The summed E-state index contributed by atoms with van der Waals surface area (Å²) in [7, 11) is 0. The van der Waals surface area contributed by atoms with Crippen LogP contribution in [0.5, 0.6) is 0 Å². The van der Waals surface area contributed by atoms with E-state index in [1.165, 1.54) is 23.7 Å². The van der Waals surface area contributed by atoms with Crippen LogP contribution in [0.25, 0.3) is 0 Å². The lowest BCUT2D eigenvalue weighted by atomic mass is 10.1. The SMILES string of the molecule is Cc1cc(C)c(NC(=O)C(C)Sc2ncn[nH]2)c(C)c1. The van der Waals surface area contributed by atoms with Crippen molar-refractivity contribution in [2.45, 2.75) is 38.1 Å². The number of carbonyl (C=O) groups is 1. The summed E-state index contributed by atoms with van der Waals surface area (Å²) in [6.07, 6.45) is 1.43. The van der Waals surface area contributed by atoms with Gasteiger partial charge >= 0.3 is 0 Å². The van der Waals surface area contributed by atoms with Crippen molar-refractivity contribution in [2.75, 3.05) is 5.32 Å². The fourth-order valence-electron chi connectivity index (χ4n) is 2.07. The molecule has 0 spiro atoms. The summed E-state index contributed by atoms with van der Waals surface area (Å²) in [4.78, 5) is 16.2. The Morgan fingerprint density at radius 2 is 1.95 bits per heavy atom. The molecule has 0 fully saturated rings. The number of H-pyrrole nitrogens is 1. The normalized spacial score (nSPS) is 12.2. The molecule has 0 bridgehead atoms. The largest absolute Gasteiger partial charge is 0.325 e. The minimum Gasteiger partial charge on any atom is -0.325 e. The Hall–Kier alpha value is -1.82. The molecule has 0 saturated heterocycles. The second-order valence-electron chi connectivity index (χ2n) is 4.81. The van der Waals surface area contributed by atoms with Gasteiger partial charge < -0.3 is 5.32 Å². The molecule has 0 aliphatic heterocycles. The Balaban J connectivity index is 2.08. The highest BCUT2D eigenvalue weighted by Gasteiger charge is 2.17. The molecule has 1 atom stereocenters. The molecule has 2 N–H and O–H groups in total. The van der Waals surface area contributed by atoms with Crippen LogP contribution in [0.15, 0.2) is 23.6 Å². The maximum absolute atomic E-state index is 12.2. The first-order chi connectivity index (χ1) is 9.47. The number of aryl methyl sites for hydroxylation is 3. The summed E-state index contributed by atoms with van der Waals surface area (Å²) in [5.41, 5.74) is 4.24. The molecule has 20 heavy (non-hydrogen) atoms. The number of nitrogens with zero attached hydrogens (tertiary/aromatic N) is 2. The van der Waals surface area contributed by atoms with Gasteiger partial charge in [0.05, 0.1) is 5.25 Å². The second kappa shape index (κ2) is 6.09. The van der Waals surface area contributed by atoms with Gasteiger partial charge in [0, 0.05) is 5.69 Å². The maximum atomic E-state index is 12.2. The van der Waals surface area contributed by atoms with Gasteiger partial charge in [-0.3, -0.25) is 9.89 Å². The standard InChI is InChI=1S/C14H18N4OS/c1-8-5-9(2)12(10(3)6-8)17-13(19)11(4)20-14-15-7-16-18-14/h5-7,11H,1-4H3,(H,17,19)(H,15,16,18). The van der Waals surface area contributed by atoms with E-state index in [9.17, 15) is 4.79 Å². The number of carbonyl (C=O) groups excluding carboxylic acids is 1. The number of benzene rings is 1. The molecule has 1 amide bonds. The first-order valence-electron chi connectivity index (χ1n) is 6.38. The fraction of sp³-hybridized carbons (Fsp3) is 0.357. The van der Waals surface area contributed by atoms with Crippen LogP contribution in [-0.2, 0) is 4.79 Å². The van der Waals surface area contributed by atoms with E-state index < -0.39 is 0 Å². The molecule has 2 rings (SSSR count). The molecule has 2 aromatic rings. The van der Waals surface area contributed by atoms with Crippen LogP contribution >= 0.6 is 11.8 Å². The van der Waals surface area contributed by atoms with Gasteiger partial charge in [0.25, 0.3) is 0 Å². The molecule has 0 aliphatic carbocycles. The summed E-state index contributed by atoms with van der Waals surface area (Å²) in [5.74, 6) is -0.0403.